The lowest BCUT2D eigenvalue weighted by Crippen LogP contribution is -2.08. The zero-order chi connectivity index (χ0) is 18.1. The third-order valence-electron chi connectivity index (χ3n) is 3.53. The fraction of sp³-hybridized carbons (Fsp3) is 0.0588. The number of carbonyl (C=O) groups excluding carboxylic acids is 2. The molecular formula is C17H11ClN2O5. The first kappa shape index (κ1) is 16.7. The van der Waals surface area contributed by atoms with Crippen molar-refractivity contribution in [2.24, 2.45) is 0 Å². The molecule has 3 aromatic rings. The number of H-pyrrole nitrogens is 1. The molecule has 0 bridgehead atoms. The second kappa shape index (κ2) is 6.37. The van der Waals surface area contributed by atoms with Gasteiger partial charge in [0, 0.05) is 35.0 Å². The molecule has 0 saturated carbocycles. The molecule has 25 heavy (non-hydrogen) atoms. The van der Waals surface area contributed by atoms with Crippen molar-refractivity contribution in [3.05, 3.63) is 68.9 Å². The molecule has 0 unspecified atom stereocenters. The van der Waals surface area contributed by atoms with Gasteiger partial charge in [-0.25, -0.2) is 0 Å². The van der Waals surface area contributed by atoms with E-state index in [1.54, 1.807) is 18.2 Å². The quantitative estimate of drug-likeness (QED) is 0.330. The van der Waals surface area contributed by atoms with Gasteiger partial charge in [-0.15, -0.1) is 0 Å². The number of nitro benzene ring substituents is 1. The van der Waals surface area contributed by atoms with Crippen molar-refractivity contribution in [2.45, 2.75) is 6.92 Å². The number of rotatable bonds is 4. The minimum absolute atomic E-state index is 0.0707. The standard InChI is InChI=1S/C17H11ClN2O5/c1-9(21)25-17-13-7-4-11(18)8-14(13)19-15(17)16(22)10-2-5-12(6-3-10)20(23)24/h2-8,19H,1H3. The largest absolute Gasteiger partial charge is 0.424 e. The summed E-state index contributed by atoms with van der Waals surface area (Å²) < 4.78 is 5.20. The number of benzene rings is 2. The van der Waals surface area contributed by atoms with Crippen LogP contribution in [0.1, 0.15) is 23.0 Å². The number of fused-ring (bicyclic) bond motifs is 1. The number of nitrogens with one attached hydrogen (secondary N) is 1. The maximum atomic E-state index is 12.8. The van der Waals surface area contributed by atoms with Gasteiger partial charge in [-0.3, -0.25) is 19.7 Å². The van der Waals surface area contributed by atoms with Crippen molar-refractivity contribution >= 4 is 39.9 Å². The zero-order valence-electron chi connectivity index (χ0n) is 12.9. The average Bonchev–Trinajstić information content (AvgIpc) is 2.91. The Morgan fingerprint density at radius 2 is 1.84 bits per heavy atom. The van der Waals surface area contributed by atoms with Gasteiger partial charge in [0.05, 0.1) is 10.4 Å². The highest BCUT2D eigenvalue weighted by Crippen LogP contribution is 2.33. The van der Waals surface area contributed by atoms with E-state index in [9.17, 15) is 19.7 Å². The number of non-ortho nitro benzene ring substituents is 1. The number of nitro groups is 1. The van der Waals surface area contributed by atoms with Crippen LogP contribution in [0.2, 0.25) is 5.02 Å². The van der Waals surface area contributed by atoms with Crippen molar-refractivity contribution in [3.8, 4) is 5.75 Å². The number of halogens is 1. The molecule has 0 atom stereocenters. The number of carbonyl (C=O) groups is 2. The van der Waals surface area contributed by atoms with Crippen LogP contribution in [0.4, 0.5) is 5.69 Å². The number of esters is 1. The molecule has 0 aliphatic carbocycles. The molecule has 2 aromatic carbocycles. The molecule has 1 N–H and O–H groups in total. The Morgan fingerprint density at radius 1 is 1.16 bits per heavy atom. The highest BCUT2D eigenvalue weighted by Gasteiger charge is 2.22. The van der Waals surface area contributed by atoms with E-state index in [0.717, 1.165) is 0 Å². The van der Waals surface area contributed by atoms with Crippen LogP contribution < -0.4 is 4.74 Å². The number of aromatic amines is 1. The lowest BCUT2D eigenvalue weighted by atomic mass is 10.1. The Balaban J connectivity index is 2.11. The van der Waals surface area contributed by atoms with E-state index in [-0.39, 0.29) is 22.7 Å². The fourth-order valence-corrected chi connectivity index (χ4v) is 2.60. The number of hydrogen-bond donors (Lipinski definition) is 1. The summed E-state index contributed by atoms with van der Waals surface area (Å²) in [6, 6.07) is 10.0. The predicted octanol–water partition coefficient (Wildman–Crippen LogP) is 3.89. The summed E-state index contributed by atoms with van der Waals surface area (Å²) in [5.74, 6) is -0.936. The lowest BCUT2D eigenvalue weighted by Gasteiger charge is -2.04. The average molecular weight is 359 g/mol. The van der Waals surface area contributed by atoms with Crippen molar-refractivity contribution < 1.29 is 19.2 Å². The van der Waals surface area contributed by atoms with Gasteiger partial charge in [0.15, 0.2) is 5.75 Å². The normalized spacial score (nSPS) is 10.6. The van der Waals surface area contributed by atoms with Gasteiger partial charge in [-0.1, -0.05) is 11.6 Å². The van der Waals surface area contributed by atoms with Crippen molar-refractivity contribution in [1.29, 1.82) is 0 Å². The van der Waals surface area contributed by atoms with Crippen LogP contribution in [0.25, 0.3) is 10.9 Å². The van der Waals surface area contributed by atoms with E-state index in [1.165, 1.54) is 31.2 Å². The van der Waals surface area contributed by atoms with Gasteiger partial charge in [-0.05, 0) is 30.3 Å². The minimum atomic E-state index is -0.575. The van der Waals surface area contributed by atoms with Crippen molar-refractivity contribution in [3.63, 3.8) is 0 Å². The number of aromatic nitrogens is 1. The van der Waals surface area contributed by atoms with Crippen molar-refractivity contribution in [1.82, 2.24) is 4.98 Å². The molecule has 1 heterocycles. The highest BCUT2D eigenvalue weighted by molar-refractivity contribution is 6.31. The first-order valence-electron chi connectivity index (χ1n) is 7.15. The summed E-state index contributed by atoms with van der Waals surface area (Å²) in [6.07, 6.45) is 0. The summed E-state index contributed by atoms with van der Waals surface area (Å²) in [4.78, 5) is 37.2. The Labute approximate surface area is 146 Å². The zero-order valence-corrected chi connectivity index (χ0v) is 13.7. The molecule has 126 valence electrons. The third-order valence-corrected chi connectivity index (χ3v) is 3.76. The van der Waals surface area contributed by atoms with Gasteiger partial charge in [0.2, 0.25) is 5.78 Å². The lowest BCUT2D eigenvalue weighted by molar-refractivity contribution is -0.384. The van der Waals surface area contributed by atoms with Crippen LogP contribution in [-0.4, -0.2) is 21.7 Å². The summed E-state index contributed by atoms with van der Waals surface area (Å²) in [7, 11) is 0. The second-order valence-electron chi connectivity index (χ2n) is 5.25. The highest BCUT2D eigenvalue weighted by atomic mass is 35.5. The Morgan fingerprint density at radius 3 is 2.44 bits per heavy atom. The molecule has 0 saturated heterocycles. The van der Waals surface area contributed by atoms with Gasteiger partial charge < -0.3 is 9.72 Å². The van der Waals surface area contributed by atoms with E-state index in [1.807, 2.05) is 0 Å². The molecule has 0 amide bonds. The SMILES string of the molecule is CC(=O)Oc1c(C(=O)c2ccc([N+](=O)[O-])cc2)[nH]c2cc(Cl)ccc12. The summed E-state index contributed by atoms with van der Waals surface area (Å²) in [5.41, 5.74) is 0.701. The molecule has 0 aliphatic rings. The van der Waals surface area contributed by atoms with Crippen LogP contribution in [0.15, 0.2) is 42.5 Å². The maximum Gasteiger partial charge on any atom is 0.308 e. The summed E-state index contributed by atoms with van der Waals surface area (Å²) >= 11 is 5.95. The molecule has 3 rings (SSSR count). The summed E-state index contributed by atoms with van der Waals surface area (Å²) in [5, 5.41) is 11.7. The maximum absolute atomic E-state index is 12.8. The van der Waals surface area contributed by atoms with E-state index >= 15 is 0 Å². The van der Waals surface area contributed by atoms with Gasteiger partial charge >= 0.3 is 5.97 Å². The van der Waals surface area contributed by atoms with Crippen LogP contribution >= 0.6 is 11.6 Å². The van der Waals surface area contributed by atoms with Crippen molar-refractivity contribution in [2.75, 3.05) is 0 Å². The third kappa shape index (κ3) is 3.22. The van der Waals surface area contributed by atoms with Gasteiger partial charge in [0.25, 0.3) is 5.69 Å². The van der Waals surface area contributed by atoms with Crippen LogP contribution in [0.5, 0.6) is 5.75 Å². The Bertz CT molecular complexity index is 1010. The Kier molecular flexibility index (Phi) is 4.24. The molecule has 8 heteroatoms. The first-order valence-corrected chi connectivity index (χ1v) is 7.53. The number of ketones is 1. The molecule has 7 nitrogen and oxygen atoms in total. The second-order valence-corrected chi connectivity index (χ2v) is 5.68. The smallest absolute Gasteiger partial charge is 0.308 e. The fourth-order valence-electron chi connectivity index (χ4n) is 2.43. The van der Waals surface area contributed by atoms with Gasteiger partial charge in [0.1, 0.15) is 5.69 Å². The van der Waals surface area contributed by atoms with E-state index in [0.29, 0.717) is 15.9 Å². The number of hydrogen-bond acceptors (Lipinski definition) is 5. The Hall–Kier alpha value is -3.19. The van der Waals surface area contributed by atoms with E-state index in [2.05, 4.69) is 4.98 Å². The van der Waals surface area contributed by atoms with E-state index < -0.39 is 16.7 Å². The molecule has 0 fully saturated rings. The minimum Gasteiger partial charge on any atom is -0.424 e. The summed E-state index contributed by atoms with van der Waals surface area (Å²) in [6.45, 7) is 1.23. The number of ether oxygens (including phenoxy) is 1. The number of nitrogens with zero attached hydrogens (tertiary/aromatic N) is 1. The van der Waals surface area contributed by atoms with Crippen LogP contribution in [-0.2, 0) is 4.79 Å². The molecule has 0 radical (unpaired) electrons. The molecule has 1 aromatic heterocycles. The predicted molar refractivity (Wildman–Crippen MR) is 91.1 cm³/mol. The first-order chi connectivity index (χ1) is 11.9. The molecular weight excluding hydrogens is 348 g/mol. The molecule has 0 spiro atoms. The van der Waals surface area contributed by atoms with E-state index in [4.69, 9.17) is 16.3 Å². The van der Waals surface area contributed by atoms with Crippen LogP contribution in [0.3, 0.4) is 0 Å². The topological polar surface area (TPSA) is 102 Å². The monoisotopic (exact) mass is 358 g/mol. The molecule has 0 aliphatic heterocycles. The van der Waals surface area contributed by atoms with Gasteiger partial charge in [-0.2, -0.15) is 0 Å². The van der Waals surface area contributed by atoms with Crippen LogP contribution in [0, 0.1) is 10.1 Å².